The van der Waals surface area contributed by atoms with Gasteiger partial charge in [0, 0.05) is 12.2 Å². The average molecular weight is 270 g/mol. The number of carbonyl (C=O) groups excluding carboxylic acids is 1. The fourth-order valence-corrected chi connectivity index (χ4v) is 1.85. The van der Waals surface area contributed by atoms with Gasteiger partial charge in [-0.15, -0.1) is 0 Å². The Bertz CT molecular complexity index is 581. The molecule has 104 valence electrons. The van der Waals surface area contributed by atoms with Crippen molar-refractivity contribution in [3.63, 3.8) is 0 Å². The number of nitrogens with zero attached hydrogens (tertiary/aromatic N) is 2. The third-order valence-corrected chi connectivity index (χ3v) is 2.89. The molecule has 0 saturated heterocycles. The molecule has 2 N–H and O–H groups in total. The van der Waals surface area contributed by atoms with Crippen LogP contribution in [0, 0.1) is 0 Å². The maximum Gasteiger partial charge on any atom is 0.275 e. The first kappa shape index (κ1) is 14.0. The predicted octanol–water partition coefficient (Wildman–Crippen LogP) is 2.72. The average Bonchev–Trinajstić information content (AvgIpc) is 2.49. The van der Waals surface area contributed by atoms with Gasteiger partial charge in [-0.1, -0.05) is 25.1 Å². The third kappa shape index (κ3) is 3.32. The van der Waals surface area contributed by atoms with E-state index in [9.17, 15) is 4.79 Å². The first-order chi connectivity index (χ1) is 9.74. The van der Waals surface area contributed by atoms with Crippen LogP contribution in [0.3, 0.4) is 0 Å². The van der Waals surface area contributed by atoms with Crippen LogP contribution < -0.4 is 10.6 Å². The molecule has 0 aliphatic carbocycles. The van der Waals surface area contributed by atoms with Crippen LogP contribution in [0.2, 0.25) is 0 Å². The van der Waals surface area contributed by atoms with Gasteiger partial charge in [0.05, 0.1) is 12.4 Å². The first-order valence-electron chi connectivity index (χ1n) is 6.69. The maximum absolute atomic E-state index is 12.1. The van der Waals surface area contributed by atoms with Crippen LogP contribution in [0.5, 0.6) is 0 Å². The Morgan fingerprint density at radius 3 is 2.60 bits per heavy atom. The smallest absolute Gasteiger partial charge is 0.275 e. The summed E-state index contributed by atoms with van der Waals surface area (Å²) in [6.07, 6.45) is 3.90. The van der Waals surface area contributed by atoms with Gasteiger partial charge in [-0.05, 0) is 25.0 Å². The first-order valence-corrected chi connectivity index (χ1v) is 6.69. The van der Waals surface area contributed by atoms with Crippen molar-refractivity contribution in [2.45, 2.75) is 20.3 Å². The molecule has 0 atom stereocenters. The highest BCUT2D eigenvalue weighted by atomic mass is 16.1. The second-order valence-corrected chi connectivity index (χ2v) is 4.28. The molecule has 0 radical (unpaired) electrons. The van der Waals surface area contributed by atoms with Gasteiger partial charge in [0.15, 0.2) is 0 Å². The molecule has 0 aliphatic rings. The van der Waals surface area contributed by atoms with E-state index in [0.717, 1.165) is 24.2 Å². The van der Waals surface area contributed by atoms with Gasteiger partial charge >= 0.3 is 0 Å². The third-order valence-electron chi connectivity index (χ3n) is 2.89. The van der Waals surface area contributed by atoms with Crippen LogP contribution in [-0.4, -0.2) is 22.4 Å². The number of anilines is 2. The molecule has 0 unspecified atom stereocenters. The largest absolute Gasteiger partial charge is 0.369 e. The van der Waals surface area contributed by atoms with Crippen LogP contribution in [0.25, 0.3) is 0 Å². The summed E-state index contributed by atoms with van der Waals surface area (Å²) in [5.74, 6) is 0.416. The molecule has 0 saturated carbocycles. The quantitative estimate of drug-likeness (QED) is 0.876. The Morgan fingerprint density at radius 1 is 1.15 bits per heavy atom. The van der Waals surface area contributed by atoms with Gasteiger partial charge in [0.25, 0.3) is 5.91 Å². The van der Waals surface area contributed by atoms with Gasteiger partial charge in [-0.25, -0.2) is 9.97 Å². The van der Waals surface area contributed by atoms with Gasteiger partial charge in [0.1, 0.15) is 11.5 Å². The maximum atomic E-state index is 12.1. The lowest BCUT2D eigenvalue weighted by molar-refractivity contribution is 0.102. The number of nitrogens with one attached hydrogen (secondary N) is 2. The minimum absolute atomic E-state index is 0.249. The minimum Gasteiger partial charge on any atom is -0.369 e. The number of amides is 1. The topological polar surface area (TPSA) is 66.9 Å². The fraction of sp³-hybridized carbons (Fsp3) is 0.267. The monoisotopic (exact) mass is 270 g/mol. The second-order valence-electron chi connectivity index (χ2n) is 4.28. The van der Waals surface area contributed by atoms with Crippen molar-refractivity contribution < 1.29 is 4.79 Å². The van der Waals surface area contributed by atoms with Crippen LogP contribution in [0.4, 0.5) is 11.5 Å². The van der Waals surface area contributed by atoms with Crippen LogP contribution in [-0.2, 0) is 6.42 Å². The summed E-state index contributed by atoms with van der Waals surface area (Å²) in [4.78, 5) is 20.4. The van der Waals surface area contributed by atoms with Crippen LogP contribution in [0.1, 0.15) is 29.9 Å². The minimum atomic E-state index is -0.249. The van der Waals surface area contributed by atoms with E-state index in [1.165, 1.54) is 6.20 Å². The molecule has 1 amide bonds. The van der Waals surface area contributed by atoms with Crippen molar-refractivity contribution in [2.75, 3.05) is 17.2 Å². The molecule has 1 aromatic carbocycles. The SMILES string of the molecule is CCNc1cnc(C(=O)Nc2ccccc2CC)cn1. The highest BCUT2D eigenvalue weighted by Gasteiger charge is 2.10. The van der Waals surface area contributed by atoms with E-state index in [2.05, 4.69) is 27.5 Å². The molecule has 0 bridgehead atoms. The molecule has 1 heterocycles. The summed E-state index contributed by atoms with van der Waals surface area (Å²) >= 11 is 0. The van der Waals surface area contributed by atoms with Crippen molar-refractivity contribution in [2.24, 2.45) is 0 Å². The number of aromatic nitrogens is 2. The fourth-order valence-electron chi connectivity index (χ4n) is 1.85. The van der Waals surface area contributed by atoms with E-state index in [4.69, 9.17) is 0 Å². The van der Waals surface area contributed by atoms with E-state index in [1.54, 1.807) is 6.20 Å². The Labute approximate surface area is 118 Å². The van der Waals surface area contributed by atoms with Gasteiger partial charge < -0.3 is 10.6 Å². The van der Waals surface area contributed by atoms with E-state index in [0.29, 0.717) is 11.5 Å². The van der Waals surface area contributed by atoms with Crippen molar-refractivity contribution in [3.05, 3.63) is 47.9 Å². The molecule has 5 heteroatoms. The predicted molar refractivity (Wildman–Crippen MR) is 80.0 cm³/mol. The van der Waals surface area contributed by atoms with E-state index in [-0.39, 0.29) is 5.91 Å². The number of para-hydroxylation sites is 1. The number of carbonyl (C=O) groups is 1. The summed E-state index contributed by atoms with van der Waals surface area (Å²) in [6, 6.07) is 7.74. The molecule has 0 aliphatic heterocycles. The lowest BCUT2D eigenvalue weighted by atomic mass is 10.1. The molecular weight excluding hydrogens is 252 g/mol. The summed E-state index contributed by atoms with van der Waals surface area (Å²) in [6.45, 7) is 4.80. The molecule has 20 heavy (non-hydrogen) atoms. The van der Waals surface area contributed by atoms with E-state index >= 15 is 0 Å². The number of hydrogen-bond donors (Lipinski definition) is 2. The standard InChI is InChI=1S/C15H18N4O/c1-3-11-7-5-6-8-12(11)19-15(20)13-9-18-14(10-17-13)16-4-2/h5-10H,3-4H2,1-2H3,(H,16,18)(H,19,20). The normalized spacial score (nSPS) is 10.1. The molecule has 5 nitrogen and oxygen atoms in total. The summed E-state index contributed by atoms with van der Waals surface area (Å²) in [5.41, 5.74) is 2.22. The van der Waals surface area contributed by atoms with Crippen molar-refractivity contribution in [1.29, 1.82) is 0 Å². The highest BCUT2D eigenvalue weighted by molar-refractivity contribution is 6.03. The van der Waals surface area contributed by atoms with Crippen molar-refractivity contribution in [1.82, 2.24) is 9.97 Å². The molecule has 0 spiro atoms. The second kappa shape index (κ2) is 6.65. The zero-order chi connectivity index (χ0) is 14.4. The Balaban J connectivity index is 2.11. The lowest BCUT2D eigenvalue weighted by Gasteiger charge is -2.09. The number of rotatable bonds is 5. The van der Waals surface area contributed by atoms with Crippen molar-refractivity contribution in [3.8, 4) is 0 Å². The zero-order valence-electron chi connectivity index (χ0n) is 11.7. The van der Waals surface area contributed by atoms with Crippen LogP contribution in [0.15, 0.2) is 36.7 Å². The van der Waals surface area contributed by atoms with Gasteiger partial charge in [-0.2, -0.15) is 0 Å². The Hall–Kier alpha value is -2.43. The van der Waals surface area contributed by atoms with Crippen molar-refractivity contribution >= 4 is 17.4 Å². The summed E-state index contributed by atoms with van der Waals surface area (Å²) < 4.78 is 0. The number of aryl methyl sites for hydroxylation is 1. The summed E-state index contributed by atoms with van der Waals surface area (Å²) in [5, 5.41) is 5.90. The van der Waals surface area contributed by atoms with Gasteiger partial charge in [-0.3, -0.25) is 4.79 Å². The molecular formula is C15H18N4O. The molecule has 2 aromatic rings. The molecule has 0 fully saturated rings. The Kier molecular flexibility index (Phi) is 4.65. The summed E-state index contributed by atoms with van der Waals surface area (Å²) in [7, 11) is 0. The number of hydrogen-bond acceptors (Lipinski definition) is 4. The molecule has 1 aromatic heterocycles. The lowest BCUT2D eigenvalue weighted by Crippen LogP contribution is -2.15. The zero-order valence-corrected chi connectivity index (χ0v) is 11.7. The Morgan fingerprint density at radius 2 is 1.95 bits per heavy atom. The van der Waals surface area contributed by atoms with E-state index in [1.807, 2.05) is 31.2 Å². The molecule has 2 rings (SSSR count). The number of benzene rings is 1. The van der Waals surface area contributed by atoms with Crippen LogP contribution >= 0.6 is 0 Å². The van der Waals surface area contributed by atoms with Gasteiger partial charge in [0.2, 0.25) is 0 Å². The van der Waals surface area contributed by atoms with E-state index < -0.39 is 0 Å². The highest BCUT2D eigenvalue weighted by Crippen LogP contribution is 2.16.